The third kappa shape index (κ3) is 1.76. The van der Waals surface area contributed by atoms with Crippen LogP contribution in [0, 0.1) is 0 Å². The Morgan fingerprint density at radius 1 is 1.40 bits per heavy atom. The fourth-order valence-electron chi connectivity index (χ4n) is 1.63. The van der Waals surface area contributed by atoms with Crippen molar-refractivity contribution in [3.8, 4) is 5.69 Å². The minimum absolute atomic E-state index is 0.491. The topological polar surface area (TPSA) is 56.7 Å². The van der Waals surface area contributed by atoms with E-state index in [-0.39, 0.29) is 0 Å². The quantitative estimate of drug-likeness (QED) is 0.815. The summed E-state index contributed by atoms with van der Waals surface area (Å²) in [5.41, 5.74) is 7.78. The van der Waals surface area contributed by atoms with E-state index in [0.717, 1.165) is 23.5 Å². The van der Waals surface area contributed by atoms with Crippen LogP contribution in [0.3, 0.4) is 0 Å². The van der Waals surface area contributed by atoms with Crippen LogP contribution in [0.25, 0.3) is 5.69 Å². The van der Waals surface area contributed by atoms with Gasteiger partial charge in [-0.15, -0.1) is 0 Å². The third-order valence-electron chi connectivity index (χ3n) is 2.39. The molecular formula is C11H14N4. The van der Waals surface area contributed by atoms with Crippen molar-refractivity contribution in [3.05, 3.63) is 42.2 Å². The molecule has 2 rings (SSSR count). The Kier molecular flexibility index (Phi) is 2.78. The van der Waals surface area contributed by atoms with Gasteiger partial charge in [0.1, 0.15) is 5.82 Å². The molecule has 0 atom stereocenters. The lowest BCUT2D eigenvalue weighted by atomic mass is 10.2. The Morgan fingerprint density at radius 2 is 2.27 bits per heavy atom. The molecule has 78 valence electrons. The molecule has 0 unspecified atom stereocenters. The van der Waals surface area contributed by atoms with E-state index in [0.29, 0.717) is 6.54 Å². The summed E-state index contributed by atoms with van der Waals surface area (Å²) in [5.74, 6) is 1.04. The van der Waals surface area contributed by atoms with Crippen LogP contribution in [0.5, 0.6) is 0 Å². The molecule has 0 fully saturated rings. The van der Waals surface area contributed by atoms with E-state index in [9.17, 15) is 0 Å². The zero-order valence-corrected chi connectivity index (χ0v) is 8.72. The lowest BCUT2D eigenvalue weighted by molar-refractivity contribution is 0.871. The molecule has 0 aromatic carbocycles. The molecule has 0 aliphatic heterocycles. The number of rotatable bonds is 3. The Morgan fingerprint density at radius 3 is 3.00 bits per heavy atom. The van der Waals surface area contributed by atoms with E-state index in [4.69, 9.17) is 5.73 Å². The Bertz CT molecular complexity index is 447. The molecule has 0 aliphatic rings. The van der Waals surface area contributed by atoms with E-state index in [1.807, 2.05) is 12.3 Å². The van der Waals surface area contributed by atoms with Gasteiger partial charge < -0.3 is 10.3 Å². The predicted octanol–water partition coefficient (Wildman–Crippen LogP) is 1.29. The second kappa shape index (κ2) is 4.23. The molecular weight excluding hydrogens is 188 g/mol. The van der Waals surface area contributed by atoms with Gasteiger partial charge in [0.15, 0.2) is 0 Å². The van der Waals surface area contributed by atoms with Crippen molar-refractivity contribution in [2.24, 2.45) is 5.73 Å². The first kappa shape index (κ1) is 9.86. The monoisotopic (exact) mass is 202 g/mol. The molecule has 2 N–H and O–H groups in total. The molecule has 2 heterocycles. The minimum atomic E-state index is 0.491. The molecule has 4 nitrogen and oxygen atoms in total. The lowest BCUT2D eigenvalue weighted by Gasteiger charge is -2.10. The summed E-state index contributed by atoms with van der Waals surface area (Å²) in [7, 11) is 0. The average molecular weight is 202 g/mol. The van der Waals surface area contributed by atoms with Crippen LogP contribution in [-0.4, -0.2) is 14.5 Å². The highest BCUT2D eigenvalue weighted by molar-refractivity contribution is 5.39. The van der Waals surface area contributed by atoms with Crippen LogP contribution >= 0.6 is 0 Å². The van der Waals surface area contributed by atoms with E-state index in [1.165, 1.54) is 0 Å². The number of nitrogens with zero attached hydrogens (tertiary/aromatic N) is 3. The molecule has 0 aliphatic carbocycles. The number of hydrogen-bond acceptors (Lipinski definition) is 3. The van der Waals surface area contributed by atoms with E-state index >= 15 is 0 Å². The highest BCUT2D eigenvalue weighted by Crippen LogP contribution is 2.14. The summed E-state index contributed by atoms with van der Waals surface area (Å²) in [5, 5.41) is 0. The van der Waals surface area contributed by atoms with Gasteiger partial charge in [-0.2, -0.15) is 0 Å². The summed E-state index contributed by atoms with van der Waals surface area (Å²) in [6, 6.07) is 1.96. The second-order valence-corrected chi connectivity index (χ2v) is 3.28. The normalized spacial score (nSPS) is 10.5. The smallest absolute Gasteiger partial charge is 0.112 e. The Balaban J connectivity index is 2.53. The lowest BCUT2D eigenvalue weighted by Crippen LogP contribution is -2.06. The van der Waals surface area contributed by atoms with Crippen molar-refractivity contribution in [1.82, 2.24) is 14.5 Å². The van der Waals surface area contributed by atoms with Crippen LogP contribution in [-0.2, 0) is 13.0 Å². The van der Waals surface area contributed by atoms with Gasteiger partial charge in [0.05, 0.1) is 5.69 Å². The van der Waals surface area contributed by atoms with Gasteiger partial charge in [-0.05, 0) is 6.07 Å². The van der Waals surface area contributed by atoms with Gasteiger partial charge in [0.25, 0.3) is 0 Å². The Hall–Kier alpha value is -1.68. The molecule has 15 heavy (non-hydrogen) atoms. The summed E-state index contributed by atoms with van der Waals surface area (Å²) in [6.45, 7) is 2.58. The van der Waals surface area contributed by atoms with Crippen LogP contribution < -0.4 is 5.73 Å². The average Bonchev–Trinajstić information content (AvgIpc) is 2.76. The highest BCUT2D eigenvalue weighted by Gasteiger charge is 2.06. The molecule has 0 bridgehead atoms. The molecule has 0 amide bonds. The van der Waals surface area contributed by atoms with E-state index in [2.05, 4.69) is 21.5 Å². The van der Waals surface area contributed by atoms with Gasteiger partial charge >= 0.3 is 0 Å². The number of nitrogens with two attached hydrogens (primary N) is 1. The number of imidazole rings is 1. The maximum atomic E-state index is 5.67. The second-order valence-electron chi connectivity index (χ2n) is 3.28. The predicted molar refractivity (Wildman–Crippen MR) is 58.6 cm³/mol. The van der Waals surface area contributed by atoms with Gasteiger partial charge in [-0.25, -0.2) is 4.98 Å². The first-order chi connectivity index (χ1) is 7.36. The first-order valence-corrected chi connectivity index (χ1v) is 5.02. The first-order valence-electron chi connectivity index (χ1n) is 5.02. The van der Waals surface area contributed by atoms with E-state index < -0.39 is 0 Å². The highest BCUT2D eigenvalue weighted by atomic mass is 15.1. The van der Waals surface area contributed by atoms with Crippen LogP contribution in [0.1, 0.15) is 18.3 Å². The van der Waals surface area contributed by atoms with Gasteiger partial charge in [0, 0.05) is 43.3 Å². The van der Waals surface area contributed by atoms with Crippen LogP contribution in [0.4, 0.5) is 0 Å². The summed E-state index contributed by atoms with van der Waals surface area (Å²) >= 11 is 0. The standard InChI is InChI=1S/C11H14N4/c1-2-11-14-5-6-15(11)10-3-4-13-8-9(10)7-12/h3-6,8H,2,7,12H2,1H3. The molecule has 2 aromatic rings. The fraction of sp³-hybridized carbons (Fsp3) is 0.273. The molecule has 0 saturated heterocycles. The molecule has 4 heteroatoms. The van der Waals surface area contributed by atoms with Crippen molar-refractivity contribution >= 4 is 0 Å². The van der Waals surface area contributed by atoms with Crippen molar-refractivity contribution in [1.29, 1.82) is 0 Å². The molecule has 0 saturated carbocycles. The zero-order chi connectivity index (χ0) is 10.7. The van der Waals surface area contributed by atoms with Gasteiger partial charge in [0.2, 0.25) is 0 Å². The number of pyridine rings is 1. The number of hydrogen-bond donors (Lipinski definition) is 1. The number of aromatic nitrogens is 3. The van der Waals surface area contributed by atoms with E-state index in [1.54, 1.807) is 18.6 Å². The SMILES string of the molecule is CCc1nccn1-c1ccncc1CN. The van der Waals surface area contributed by atoms with Crippen molar-refractivity contribution in [2.45, 2.75) is 19.9 Å². The Labute approximate surface area is 88.8 Å². The van der Waals surface area contributed by atoms with Crippen LogP contribution in [0.15, 0.2) is 30.9 Å². The zero-order valence-electron chi connectivity index (χ0n) is 8.72. The summed E-state index contributed by atoms with van der Waals surface area (Å²) < 4.78 is 2.06. The minimum Gasteiger partial charge on any atom is -0.326 e. The van der Waals surface area contributed by atoms with Crippen molar-refractivity contribution in [2.75, 3.05) is 0 Å². The number of aryl methyl sites for hydroxylation is 1. The summed E-state index contributed by atoms with van der Waals surface area (Å²) in [4.78, 5) is 8.36. The molecule has 2 aromatic heterocycles. The van der Waals surface area contributed by atoms with Crippen molar-refractivity contribution in [3.63, 3.8) is 0 Å². The third-order valence-corrected chi connectivity index (χ3v) is 2.39. The maximum Gasteiger partial charge on any atom is 0.112 e. The van der Waals surface area contributed by atoms with Crippen LogP contribution in [0.2, 0.25) is 0 Å². The van der Waals surface area contributed by atoms with Gasteiger partial charge in [-0.1, -0.05) is 6.92 Å². The fourth-order valence-corrected chi connectivity index (χ4v) is 1.63. The largest absolute Gasteiger partial charge is 0.326 e. The summed E-state index contributed by atoms with van der Waals surface area (Å²) in [6.07, 6.45) is 8.23. The van der Waals surface area contributed by atoms with Crippen molar-refractivity contribution < 1.29 is 0 Å². The van der Waals surface area contributed by atoms with Gasteiger partial charge in [-0.3, -0.25) is 4.98 Å². The molecule has 0 radical (unpaired) electrons. The maximum absolute atomic E-state index is 5.67. The molecule has 0 spiro atoms.